The first kappa shape index (κ1) is 21.4. The molecule has 2 aliphatic rings. The van der Waals surface area contributed by atoms with E-state index in [9.17, 15) is 0 Å². The van der Waals surface area contributed by atoms with E-state index in [4.69, 9.17) is 9.47 Å². The number of ether oxygens (including phenoxy) is 2. The third kappa shape index (κ3) is 6.61. The van der Waals surface area contributed by atoms with Gasteiger partial charge in [0.15, 0.2) is 0 Å². The van der Waals surface area contributed by atoms with Crippen LogP contribution in [0.2, 0.25) is 0 Å². The maximum atomic E-state index is 5.52. The standard InChI is InChI=1S/C24H38N2O2/c1-27-17-16-26(18-21-8-4-3-5-9-21)19-22-12-14-25(15-13-22)20-23-10-6-7-11-24(23)28-2/h3-4,6-7,10-11,21-22H,5,8-9,12-20H2,1-2H3. The number of allylic oxidation sites excluding steroid dienone is 2. The molecule has 0 aromatic heterocycles. The minimum absolute atomic E-state index is 0.810. The molecule has 3 rings (SSSR count). The summed E-state index contributed by atoms with van der Waals surface area (Å²) in [6.07, 6.45) is 11.2. The van der Waals surface area contributed by atoms with Crippen LogP contribution in [0.1, 0.15) is 37.7 Å². The summed E-state index contributed by atoms with van der Waals surface area (Å²) in [5, 5.41) is 0. The molecule has 0 bridgehead atoms. The second kappa shape index (κ2) is 11.6. The van der Waals surface area contributed by atoms with Gasteiger partial charge in [-0.1, -0.05) is 30.4 Å². The predicted molar refractivity (Wildman–Crippen MR) is 116 cm³/mol. The minimum Gasteiger partial charge on any atom is -0.496 e. The van der Waals surface area contributed by atoms with E-state index in [1.54, 1.807) is 7.11 Å². The molecule has 0 spiro atoms. The van der Waals surface area contributed by atoms with Gasteiger partial charge in [-0.2, -0.15) is 0 Å². The number of methoxy groups -OCH3 is 2. The van der Waals surface area contributed by atoms with Crippen molar-refractivity contribution in [2.75, 3.05) is 53.6 Å². The summed E-state index contributed by atoms with van der Waals surface area (Å²) < 4.78 is 10.9. The Balaban J connectivity index is 1.46. The number of rotatable bonds is 10. The number of likely N-dealkylation sites (tertiary alicyclic amines) is 1. The normalized spacial score (nSPS) is 21.3. The van der Waals surface area contributed by atoms with Crippen LogP contribution < -0.4 is 4.74 Å². The zero-order valence-corrected chi connectivity index (χ0v) is 17.8. The average Bonchev–Trinajstić information content (AvgIpc) is 2.74. The molecule has 1 unspecified atom stereocenters. The smallest absolute Gasteiger partial charge is 0.123 e. The molecular formula is C24H38N2O2. The number of piperidine rings is 1. The lowest BCUT2D eigenvalue weighted by Crippen LogP contribution is -2.41. The molecule has 0 N–H and O–H groups in total. The zero-order valence-electron chi connectivity index (χ0n) is 17.8. The van der Waals surface area contributed by atoms with E-state index in [0.717, 1.165) is 37.3 Å². The Morgan fingerprint density at radius 1 is 1.00 bits per heavy atom. The molecule has 4 heteroatoms. The molecule has 156 valence electrons. The molecule has 1 saturated heterocycles. The van der Waals surface area contributed by atoms with Gasteiger partial charge in [0.1, 0.15) is 5.75 Å². The highest BCUT2D eigenvalue weighted by Gasteiger charge is 2.23. The topological polar surface area (TPSA) is 24.9 Å². The van der Waals surface area contributed by atoms with E-state index in [1.165, 1.54) is 63.8 Å². The van der Waals surface area contributed by atoms with Gasteiger partial charge in [0.05, 0.1) is 13.7 Å². The Kier molecular flexibility index (Phi) is 8.84. The van der Waals surface area contributed by atoms with Crippen LogP contribution in [0.3, 0.4) is 0 Å². The monoisotopic (exact) mass is 386 g/mol. The number of para-hydroxylation sites is 1. The summed E-state index contributed by atoms with van der Waals surface area (Å²) in [4.78, 5) is 5.26. The van der Waals surface area contributed by atoms with Gasteiger partial charge in [-0.25, -0.2) is 0 Å². The van der Waals surface area contributed by atoms with Crippen LogP contribution in [0.4, 0.5) is 0 Å². The molecule has 1 aromatic carbocycles. The summed E-state index contributed by atoms with van der Waals surface area (Å²) >= 11 is 0. The van der Waals surface area contributed by atoms with Crippen LogP contribution in [0.15, 0.2) is 36.4 Å². The van der Waals surface area contributed by atoms with Crippen molar-refractivity contribution >= 4 is 0 Å². The van der Waals surface area contributed by atoms with Gasteiger partial charge in [0, 0.05) is 38.9 Å². The van der Waals surface area contributed by atoms with Crippen molar-refractivity contribution in [1.82, 2.24) is 9.80 Å². The van der Waals surface area contributed by atoms with Gasteiger partial charge in [-0.15, -0.1) is 0 Å². The van der Waals surface area contributed by atoms with Crippen LogP contribution >= 0.6 is 0 Å². The lowest BCUT2D eigenvalue weighted by Gasteiger charge is -2.36. The zero-order chi connectivity index (χ0) is 19.6. The van der Waals surface area contributed by atoms with E-state index in [-0.39, 0.29) is 0 Å². The summed E-state index contributed by atoms with van der Waals surface area (Å²) in [6.45, 7) is 7.74. The first-order chi connectivity index (χ1) is 13.8. The summed E-state index contributed by atoms with van der Waals surface area (Å²) in [5.74, 6) is 2.65. The Bertz CT molecular complexity index is 596. The van der Waals surface area contributed by atoms with Gasteiger partial charge < -0.3 is 14.4 Å². The first-order valence-electron chi connectivity index (χ1n) is 11.0. The van der Waals surface area contributed by atoms with Crippen LogP contribution in [-0.4, -0.2) is 63.4 Å². The predicted octanol–water partition coefficient (Wildman–Crippen LogP) is 4.21. The van der Waals surface area contributed by atoms with E-state index in [2.05, 4.69) is 40.2 Å². The molecule has 0 saturated carbocycles. The highest BCUT2D eigenvalue weighted by molar-refractivity contribution is 5.33. The molecule has 1 aromatic rings. The maximum absolute atomic E-state index is 5.52. The molecule has 1 heterocycles. The van der Waals surface area contributed by atoms with E-state index >= 15 is 0 Å². The van der Waals surface area contributed by atoms with Gasteiger partial charge in [0.25, 0.3) is 0 Å². The Morgan fingerprint density at radius 2 is 1.79 bits per heavy atom. The second-order valence-corrected chi connectivity index (χ2v) is 8.43. The van der Waals surface area contributed by atoms with E-state index < -0.39 is 0 Å². The SMILES string of the molecule is COCCN(CC1CC=CCC1)CC1CCN(Cc2ccccc2OC)CC1. The fraction of sp³-hybridized carbons (Fsp3) is 0.667. The molecule has 1 fully saturated rings. The van der Waals surface area contributed by atoms with Crippen molar-refractivity contribution in [2.24, 2.45) is 11.8 Å². The van der Waals surface area contributed by atoms with Gasteiger partial charge in [0.2, 0.25) is 0 Å². The van der Waals surface area contributed by atoms with Crippen molar-refractivity contribution in [3.05, 3.63) is 42.0 Å². The summed E-state index contributed by atoms with van der Waals surface area (Å²) in [5.41, 5.74) is 1.30. The largest absolute Gasteiger partial charge is 0.496 e. The maximum Gasteiger partial charge on any atom is 0.123 e. The van der Waals surface area contributed by atoms with Crippen molar-refractivity contribution in [3.63, 3.8) is 0 Å². The van der Waals surface area contributed by atoms with Crippen molar-refractivity contribution in [2.45, 2.75) is 38.6 Å². The fourth-order valence-corrected chi connectivity index (χ4v) is 4.63. The molecule has 4 nitrogen and oxygen atoms in total. The first-order valence-corrected chi connectivity index (χ1v) is 11.0. The third-order valence-corrected chi connectivity index (χ3v) is 6.32. The van der Waals surface area contributed by atoms with Crippen LogP contribution in [0, 0.1) is 11.8 Å². The van der Waals surface area contributed by atoms with Gasteiger partial charge >= 0.3 is 0 Å². The van der Waals surface area contributed by atoms with Gasteiger partial charge in [-0.05, 0) is 63.1 Å². The summed E-state index contributed by atoms with van der Waals surface area (Å²) in [6, 6.07) is 8.41. The van der Waals surface area contributed by atoms with E-state index in [0.29, 0.717) is 0 Å². The van der Waals surface area contributed by atoms with Crippen molar-refractivity contribution in [3.8, 4) is 5.75 Å². The lowest BCUT2D eigenvalue weighted by molar-refractivity contribution is 0.0988. The number of hydrogen-bond acceptors (Lipinski definition) is 4. The molecule has 1 aliphatic carbocycles. The lowest BCUT2D eigenvalue weighted by atomic mass is 9.92. The Labute approximate surface area is 171 Å². The minimum atomic E-state index is 0.810. The Morgan fingerprint density at radius 3 is 2.50 bits per heavy atom. The van der Waals surface area contributed by atoms with Crippen molar-refractivity contribution < 1.29 is 9.47 Å². The highest BCUT2D eigenvalue weighted by atomic mass is 16.5. The third-order valence-electron chi connectivity index (χ3n) is 6.32. The molecule has 1 aliphatic heterocycles. The molecule has 1 atom stereocenters. The van der Waals surface area contributed by atoms with Crippen LogP contribution in [0.25, 0.3) is 0 Å². The van der Waals surface area contributed by atoms with Crippen molar-refractivity contribution in [1.29, 1.82) is 0 Å². The molecule has 28 heavy (non-hydrogen) atoms. The number of hydrogen-bond donors (Lipinski definition) is 0. The summed E-state index contributed by atoms with van der Waals surface area (Å²) in [7, 11) is 3.58. The van der Waals surface area contributed by atoms with Crippen LogP contribution in [-0.2, 0) is 11.3 Å². The van der Waals surface area contributed by atoms with Gasteiger partial charge in [-0.3, -0.25) is 4.90 Å². The number of nitrogens with zero attached hydrogens (tertiary/aromatic N) is 2. The average molecular weight is 387 g/mol. The molecular weight excluding hydrogens is 348 g/mol. The van der Waals surface area contributed by atoms with E-state index in [1.807, 2.05) is 13.2 Å². The molecule has 0 radical (unpaired) electrons. The molecule has 0 amide bonds. The highest BCUT2D eigenvalue weighted by Crippen LogP contribution is 2.25. The Hall–Kier alpha value is -1.36. The number of benzene rings is 1. The second-order valence-electron chi connectivity index (χ2n) is 8.43. The van der Waals surface area contributed by atoms with Crippen LogP contribution in [0.5, 0.6) is 5.75 Å². The quantitative estimate of drug-likeness (QED) is 0.562. The fourth-order valence-electron chi connectivity index (χ4n) is 4.63.